The van der Waals surface area contributed by atoms with Gasteiger partial charge in [-0.2, -0.15) is 0 Å². The molecule has 272 valence electrons. The van der Waals surface area contributed by atoms with E-state index in [9.17, 15) is 19.5 Å². The van der Waals surface area contributed by atoms with Gasteiger partial charge in [0.2, 0.25) is 5.91 Å². The smallest absolute Gasteiger partial charge is 0.319 e. The van der Waals surface area contributed by atoms with E-state index in [-0.39, 0.29) is 60.4 Å². The quantitative estimate of drug-likeness (QED) is 0.306. The Labute approximate surface area is 283 Å². The highest BCUT2D eigenvalue weighted by Crippen LogP contribution is 2.38. The molecule has 0 spiro atoms. The summed E-state index contributed by atoms with van der Waals surface area (Å²) in [4.78, 5) is 46.7. The largest absolute Gasteiger partial charge is 0.463 e. The van der Waals surface area contributed by atoms with Crippen molar-refractivity contribution in [2.24, 2.45) is 23.2 Å². The Morgan fingerprint density at radius 3 is 2.28 bits per heavy atom. The Bertz CT molecular complexity index is 1090. The molecule has 3 fully saturated rings. The summed E-state index contributed by atoms with van der Waals surface area (Å²) >= 11 is 0. The number of Topliss-reactive ketones (excluding diaryl/α,β-unsaturated/α-hetero) is 1. The van der Waals surface area contributed by atoms with Crippen LogP contribution in [0.15, 0.2) is 0 Å². The average Bonchev–Trinajstić information content (AvgIpc) is 2.94. The van der Waals surface area contributed by atoms with Crippen LogP contribution in [0.4, 0.5) is 0 Å². The van der Waals surface area contributed by atoms with E-state index in [1.807, 2.05) is 65.6 Å². The molecule has 0 saturated carbocycles. The maximum atomic E-state index is 14.2. The van der Waals surface area contributed by atoms with Gasteiger partial charge in [0.05, 0.1) is 24.4 Å². The lowest BCUT2D eigenvalue weighted by molar-refractivity contribution is -0.295. The Hall–Kier alpha value is -1.67. The number of ether oxygens (including phenoxy) is 4. The Balaban J connectivity index is 1.89. The van der Waals surface area contributed by atoms with Crippen LogP contribution in [0.1, 0.15) is 75.2 Å². The predicted octanol–water partition coefficient (Wildman–Crippen LogP) is 2.16. The fourth-order valence-corrected chi connectivity index (χ4v) is 7.47. The highest BCUT2D eigenvalue weighted by atomic mass is 16.7. The van der Waals surface area contributed by atoms with Gasteiger partial charge in [0.15, 0.2) is 12.1 Å². The molecule has 0 radical (unpaired) electrons. The number of cyclic esters (lactones) is 1. The number of ketones is 1. The number of esters is 1. The lowest BCUT2D eigenvalue weighted by atomic mass is 9.74. The van der Waals surface area contributed by atoms with Crippen LogP contribution in [-0.2, 0) is 33.3 Å². The van der Waals surface area contributed by atoms with Gasteiger partial charge in [-0.1, -0.05) is 13.8 Å². The van der Waals surface area contributed by atoms with Gasteiger partial charge in [-0.25, -0.2) is 0 Å². The van der Waals surface area contributed by atoms with Crippen LogP contribution in [-0.4, -0.2) is 146 Å². The second-order valence-corrected chi connectivity index (χ2v) is 16.5. The molecule has 3 aliphatic rings. The van der Waals surface area contributed by atoms with Gasteiger partial charge in [-0.15, -0.1) is 0 Å². The molecule has 12 heteroatoms. The highest BCUT2D eigenvalue weighted by Gasteiger charge is 2.52. The molecule has 0 bridgehead atoms. The van der Waals surface area contributed by atoms with Crippen molar-refractivity contribution in [1.82, 2.24) is 20.0 Å². The number of likely N-dealkylation sites (tertiary alicyclic amines) is 1. The van der Waals surface area contributed by atoms with Crippen molar-refractivity contribution in [2.75, 3.05) is 61.0 Å². The molecule has 3 saturated heterocycles. The molecule has 12 nitrogen and oxygen atoms in total. The van der Waals surface area contributed by atoms with E-state index < -0.39 is 41.4 Å². The molecule has 0 aliphatic carbocycles. The molecule has 1 amide bonds. The first-order valence-corrected chi connectivity index (χ1v) is 17.3. The number of aliphatic hydroxyl groups is 1. The topological polar surface area (TPSA) is 130 Å². The number of hydrogen-bond donors (Lipinski definition) is 2. The van der Waals surface area contributed by atoms with Gasteiger partial charge in [0.25, 0.3) is 0 Å². The summed E-state index contributed by atoms with van der Waals surface area (Å²) in [6.45, 7) is 19.3. The molecule has 3 rings (SSSR count). The fourth-order valence-electron chi connectivity index (χ4n) is 7.47. The molecule has 3 aliphatic heterocycles. The van der Waals surface area contributed by atoms with E-state index in [0.29, 0.717) is 32.5 Å². The summed E-state index contributed by atoms with van der Waals surface area (Å²) in [7, 11) is 7.46. The normalized spacial score (nSPS) is 37.0. The highest BCUT2D eigenvalue weighted by molar-refractivity contribution is 6.04. The van der Waals surface area contributed by atoms with E-state index >= 15 is 0 Å². The Morgan fingerprint density at radius 1 is 1.11 bits per heavy atom. The number of hydrogen-bond acceptors (Lipinski definition) is 11. The van der Waals surface area contributed by atoms with Crippen LogP contribution >= 0.6 is 0 Å². The van der Waals surface area contributed by atoms with Crippen LogP contribution < -0.4 is 5.32 Å². The monoisotopic (exact) mass is 668 g/mol. The Morgan fingerprint density at radius 2 is 1.72 bits per heavy atom. The van der Waals surface area contributed by atoms with Gasteiger partial charge < -0.3 is 39.2 Å². The number of carbonyl (C=O) groups excluding carboxylic acids is 3. The van der Waals surface area contributed by atoms with Gasteiger partial charge in [0, 0.05) is 56.2 Å². The van der Waals surface area contributed by atoms with E-state index in [1.165, 1.54) is 0 Å². The van der Waals surface area contributed by atoms with Crippen molar-refractivity contribution in [3.63, 3.8) is 0 Å². The molecule has 47 heavy (non-hydrogen) atoms. The van der Waals surface area contributed by atoms with Crippen molar-refractivity contribution in [3.05, 3.63) is 0 Å². The summed E-state index contributed by atoms with van der Waals surface area (Å²) in [5.74, 6) is -1.47. The number of amides is 1. The zero-order valence-corrected chi connectivity index (χ0v) is 31.3. The molecule has 2 N–H and O–H groups in total. The van der Waals surface area contributed by atoms with E-state index in [4.69, 9.17) is 18.9 Å². The summed E-state index contributed by atoms with van der Waals surface area (Å²) in [5, 5.41) is 14.6. The van der Waals surface area contributed by atoms with Gasteiger partial charge in [-0.05, 0) is 88.4 Å². The third kappa shape index (κ3) is 9.52. The molecular weight excluding hydrogens is 604 g/mol. The Kier molecular flexibility index (Phi) is 13.1. The van der Waals surface area contributed by atoms with Crippen LogP contribution in [0.5, 0.6) is 0 Å². The van der Waals surface area contributed by atoms with Crippen LogP contribution in [0.25, 0.3) is 0 Å². The third-order valence-corrected chi connectivity index (χ3v) is 10.5. The number of nitrogens with one attached hydrogen (secondary N) is 1. The molecule has 0 aromatic carbocycles. The average molecular weight is 669 g/mol. The van der Waals surface area contributed by atoms with Crippen LogP contribution in [0.2, 0.25) is 0 Å². The summed E-state index contributed by atoms with van der Waals surface area (Å²) in [5.41, 5.74) is -2.59. The number of nitrogens with zero attached hydrogens (tertiary/aromatic N) is 3. The summed E-state index contributed by atoms with van der Waals surface area (Å²) < 4.78 is 24.9. The van der Waals surface area contributed by atoms with Crippen molar-refractivity contribution >= 4 is 17.7 Å². The molecule has 0 aromatic rings. The van der Waals surface area contributed by atoms with Gasteiger partial charge in [0.1, 0.15) is 18.1 Å². The molecule has 9 atom stereocenters. The zero-order chi connectivity index (χ0) is 35.6. The zero-order valence-electron chi connectivity index (χ0n) is 31.3. The third-order valence-electron chi connectivity index (χ3n) is 10.5. The number of aliphatic hydroxyl groups excluding tert-OH is 1. The summed E-state index contributed by atoms with van der Waals surface area (Å²) in [6.07, 6.45) is -1.77. The minimum Gasteiger partial charge on any atom is -0.463 e. The van der Waals surface area contributed by atoms with E-state index in [1.54, 1.807) is 27.9 Å². The van der Waals surface area contributed by atoms with Crippen LogP contribution in [0, 0.1) is 23.2 Å². The predicted molar refractivity (Wildman–Crippen MR) is 180 cm³/mol. The molecule has 3 heterocycles. The molecule has 0 aromatic heterocycles. The lowest BCUT2D eigenvalue weighted by Crippen LogP contribution is -2.61. The van der Waals surface area contributed by atoms with Crippen molar-refractivity contribution in [2.45, 2.75) is 123 Å². The van der Waals surface area contributed by atoms with Crippen molar-refractivity contribution in [3.8, 4) is 0 Å². The van der Waals surface area contributed by atoms with E-state index in [0.717, 1.165) is 0 Å². The number of methoxy groups -OCH3 is 1. The van der Waals surface area contributed by atoms with Crippen molar-refractivity contribution in [1.29, 1.82) is 0 Å². The minimum absolute atomic E-state index is 0.0508. The van der Waals surface area contributed by atoms with E-state index in [2.05, 4.69) is 17.1 Å². The van der Waals surface area contributed by atoms with Gasteiger partial charge in [-0.3, -0.25) is 19.3 Å². The second-order valence-electron chi connectivity index (χ2n) is 16.5. The number of carbonyl (C=O) groups is 3. The summed E-state index contributed by atoms with van der Waals surface area (Å²) in [6, 6.07) is -0.331. The molecule has 0 unspecified atom stereocenters. The number of rotatable bonds is 7. The minimum atomic E-state index is -1.47. The van der Waals surface area contributed by atoms with Crippen molar-refractivity contribution < 1.29 is 38.4 Å². The SMILES string of the molecule is CO[C@]1(C)C[C@@H](C)CN(C)[C@H](C2CN(C(=O)CNC(C)(C)C)C2)COC(=O)C(C)(C)C(=O)[C@H](C)[C@H]1O[C@@H]1O[C@H](C)C[C@H](N(C)C)[C@H]1O. The standard InChI is InChI=1S/C35H64N4O8/c1-21-15-35(9,44-13)30(47-31-28(41)25(37(10)11)14-22(2)46-31)23(3)29(42)34(7,8)32(43)45-20-26(38(12)17-21)24-18-39(19-24)27(40)16-36-33(4,5)6/h21-26,28,30-31,36,41H,14-20H2,1-13H3/t21-,22-,23+,25+,26+,28-,30-,31+,35-/m1/s1. The first-order valence-electron chi connectivity index (χ1n) is 17.3. The lowest BCUT2D eigenvalue weighted by Gasteiger charge is -2.47. The van der Waals surface area contributed by atoms with Gasteiger partial charge >= 0.3 is 5.97 Å². The maximum absolute atomic E-state index is 14.2. The first-order chi connectivity index (χ1) is 21.6. The fraction of sp³-hybridized carbons (Fsp3) is 0.914. The first kappa shape index (κ1) is 39.8. The second kappa shape index (κ2) is 15.5. The molecular formula is C35H64N4O8. The number of likely N-dealkylation sites (N-methyl/N-ethyl adjacent to an activating group) is 2. The van der Waals surface area contributed by atoms with Crippen LogP contribution in [0.3, 0.4) is 0 Å². The maximum Gasteiger partial charge on any atom is 0.319 e.